The van der Waals surface area contributed by atoms with Crippen LogP contribution in [0.5, 0.6) is 0 Å². The van der Waals surface area contributed by atoms with E-state index in [0.29, 0.717) is 12.0 Å². The van der Waals surface area contributed by atoms with Gasteiger partial charge < -0.3 is 5.11 Å². The van der Waals surface area contributed by atoms with E-state index in [1.165, 1.54) is 17.4 Å². The minimum absolute atomic E-state index is 0.0903. The summed E-state index contributed by atoms with van der Waals surface area (Å²) in [5.41, 5.74) is 2.15. The van der Waals surface area contributed by atoms with Crippen molar-refractivity contribution in [2.75, 3.05) is 0 Å². The first-order valence-electron chi connectivity index (χ1n) is 5.15. The maximum Gasteiger partial charge on any atom is 0.145 e. The summed E-state index contributed by atoms with van der Waals surface area (Å²) in [5, 5.41) is 9.95. The minimum atomic E-state index is -0.622. The number of aliphatic hydroxyl groups is 1. The monoisotopic (exact) mass is 271 g/mol. The zero-order valence-electron chi connectivity index (χ0n) is 8.94. The molecule has 1 aromatic carbocycles. The third kappa shape index (κ3) is 3.25. The molecule has 0 spiro atoms. The molecule has 0 amide bonds. The summed E-state index contributed by atoms with van der Waals surface area (Å²) in [6, 6.07) is 4.81. The fourth-order valence-corrected chi connectivity index (χ4v) is 2.47. The zero-order valence-corrected chi connectivity index (χ0v) is 10.5. The molecule has 0 radical (unpaired) electrons. The van der Waals surface area contributed by atoms with Gasteiger partial charge in [-0.25, -0.2) is 4.39 Å². The molecular formula is C12H11ClFNOS. The van der Waals surface area contributed by atoms with Crippen LogP contribution in [0.15, 0.2) is 29.9 Å². The number of aliphatic hydroxyl groups excluding tert-OH is 1. The molecular weight excluding hydrogens is 261 g/mol. The van der Waals surface area contributed by atoms with Crippen molar-refractivity contribution < 1.29 is 9.50 Å². The number of halogens is 2. The van der Waals surface area contributed by atoms with Crippen molar-refractivity contribution in [3.05, 3.63) is 51.2 Å². The predicted molar refractivity (Wildman–Crippen MR) is 66.9 cm³/mol. The standard InChI is InChI=1S/C12H11ClFNOS/c13-11-3-1-2-8(12(11)14)4-9(16)5-10-6-15-7-17-10/h1-3,6-7,9,16H,4-5H2. The zero-order chi connectivity index (χ0) is 12.3. The summed E-state index contributed by atoms with van der Waals surface area (Å²) >= 11 is 7.15. The molecule has 0 fully saturated rings. The molecule has 2 rings (SSSR count). The molecule has 5 heteroatoms. The number of thiazole rings is 1. The molecule has 1 atom stereocenters. The molecule has 0 saturated heterocycles. The van der Waals surface area contributed by atoms with Crippen molar-refractivity contribution in [1.29, 1.82) is 0 Å². The normalized spacial score (nSPS) is 12.6. The molecule has 0 saturated carbocycles. The van der Waals surface area contributed by atoms with E-state index in [1.54, 1.807) is 23.8 Å². The van der Waals surface area contributed by atoms with E-state index in [9.17, 15) is 9.50 Å². The molecule has 2 nitrogen and oxygen atoms in total. The van der Waals surface area contributed by atoms with Gasteiger partial charge in [0.1, 0.15) is 5.82 Å². The van der Waals surface area contributed by atoms with Gasteiger partial charge in [-0.15, -0.1) is 11.3 Å². The van der Waals surface area contributed by atoms with Crippen molar-refractivity contribution in [1.82, 2.24) is 4.98 Å². The molecule has 17 heavy (non-hydrogen) atoms. The Kier molecular flexibility index (Phi) is 4.10. The first kappa shape index (κ1) is 12.5. The maximum absolute atomic E-state index is 13.6. The third-order valence-corrected chi connectivity index (χ3v) is 3.50. The van der Waals surface area contributed by atoms with Gasteiger partial charge in [0.25, 0.3) is 0 Å². The highest BCUT2D eigenvalue weighted by atomic mass is 35.5. The smallest absolute Gasteiger partial charge is 0.145 e. The fraction of sp³-hybridized carbons (Fsp3) is 0.250. The Balaban J connectivity index is 2.03. The first-order valence-corrected chi connectivity index (χ1v) is 6.41. The maximum atomic E-state index is 13.6. The number of aromatic nitrogens is 1. The molecule has 0 aliphatic heterocycles. The second kappa shape index (κ2) is 5.58. The van der Waals surface area contributed by atoms with Gasteiger partial charge in [-0.1, -0.05) is 23.7 Å². The van der Waals surface area contributed by atoms with Crippen LogP contribution in [0.3, 0.4) is 0 Å². The molecule has 2 aromatic rings. The number of benzene rings is 1. The Morgan fingerprint density at radius 2 is 2.24 bits per heavy atom. The lowest BCUT2D eigenvalue weighted by atomic mass is 10.0. The number of rotatable bonds is 4. The number of hydrogen-bond acceptors (Lipinski definition) is 3. The van der Waals surface area contributed by atoms with Crippen LogP contribution in [-0.2, 0) is 12.8 Å². The van der Waals surface area contributed by atoms with Crippen LogP contribution in [0, 0.1) is 5.82 Å². The molecule has 0 aliphatic rings. The topological polar surface area (TPSA) is 33.1 Å². The van der Waals surface area contributed by atoms with Crippen molar-refractivity contribution in [3.8, 4) is 0 Å². The van der Waals surface area contributed by atoms with Gasteiger partial charge in [-0.05, 0) is 11.6 Å². The highest BCUT2D eigenvalue weighted by Gasteiger charge is 2.12. The summed E-state index contributed by atoms with van der Waals surface area (Å²) < 4.78 is 13.6. The average Bonchev–Trinajstić information content (AvgIpc) is 2.77. The van der Waals surface area contributed by atoms with E-state index in [-0.39, 0.29) is 11.4 Å². The van der Waals surface area contributed by atoms with Crippen LogP contribution < -0.4 is 0 Å². The van der Waals surface area contributed by atoms with Gasteiger partial charge in [0.15, 0.2) is 0 Å². The lowest BCUT2D eigenvalue weighted by Crippen LogP contribution is -2.14. The van der Waals surface area contributed by atoms with Crippen LogP contribution in [0.25, 0.3) is 0 Å². The molecule has 1 unspecified atom stereocenters. The van der Waals surface area contributed by atoms with E-state index in [1.807, 2.05) is 0 Å². The van der Waals surface area contributed by atoms with Gasteiger partial charge in [0, 0.05) is 23.9 Å². The van der Waals surface area contributed by atoms with Crippen molar-refractivity contribution >= 4 is 22.9 Å². The van der Waals surface area contributed by atoms with Crippen LogP contribution in [0.1, 0.15) is 10.4 Å². The van der Waals surface area contributed by atoms with Crippen molar-refractivity contribution in [2.24, 2.45) is 0 Å². The van der Waals surface area contributed by atoms with Crippen molar-refractivity contribution in [3.63, 3.8) is 0 Å². The molecule has 90 valence electrons. The first-order chi connectivity index (χ1) is 8.16. The Bertz CT molecular complexity index is 489. The summed E-state index contributed by atoms with van der Waals surface area (Å²) in [5.74, 6) is -0.447. The third-order valence-electron chi connectivity index (χ3n) is 2.41. The van der Waals surface area contributed by atoms with Gasteiger partial charge >= 0.3 is 0 Å². The van der Waals surface area contributed by atoms with E-state index < -0.39 is 11.9 Å². The molecule has 0 bridgehead atoms. The fourth-order valence-electron chi connectivity index (χ4n) is 1.61. The van der Waals surface area contributed by atoms with Crippen molar-refractivity contribution in [2.45, 2.75) is 18.9 Å². The quantitative estimate of drug-likeness (QED) is 0.927. The largest absolute Gasteiger partial charge is 0.392 e. The second-order valence-electron chi connectivity index (χ2n) is 3.74. The summed E-state index contributed by atoms with van der Waals surface area (Å²) in [6.07, 6.45) is 1.83. The molecule has 1 N–H and O–H groups in total. The van der Waals surface area contributed by atoms with Gasteiger partial charge in [0.05, 0.1) is 16.6 Å². The Labute approximate surface area is 108 Å². The Morgan fingerprint density at radius 1 is 1.41 bits per heavy atom. The lowest BCUT2D eigenvalue weighted by Gasteiger charge is -2.10. The molecule has 1 heterocycles. The van der Waals surface area contributed by atoms with E-state index in [2.05, 4.69) is 4.98 Å². The molecule has 0 aliphatic carbocycles. The minimum Gasteiger partial charge on any atom is -0.392 e. The average molecular weight is 272 g/mol. The van der Waals surface area contributed by atoms with E-state index >= 15 is 0 Å². The SMILES string of the molecule is OC(Cc1cncs1)Cc1cccc(Cl)c1F. The predicted octanol–water partition coefficient (Wildman–Crippen LogP) is 3.08. The highest BCUT2D eigenvalue weighted by Crippen LogP contribution is 2.20. The van der Waals surface area contributed by atoms with Crippen LogP contribution in [0.2, 0.25) is 5.02 Å². The number of nitrogens with zero attached hydrogens (tertiary/aromatic N) is 1. The number of hydrogen-bond donors (Lipinski definition) is 1. The van der Waals surface area contributed by atoms with Crippen LogP contribution in [0.4, 0.5) is 4.39 Å². The van der Waals surface area contributed by atoms with Gasteiger partial charge in [-0.2, -0.15) is 0 Å². The second-order valence-corrected chi connectivity index (χ2v) is 5.12. The van der Waals surface area contributed by atoms with Gasteiger partial charge in [0.2, 0.25) is 0 Å². The highest BCUT2D eigenvalue weighted by molar-refractivity contribution is 7.09. The van der Waals surface area contributed by atoms with E-state index in [0.717, 1.165) is 4.88 Å². The summed E-state index contributed by atoms with van der Waals surface area (Å²) in [6.45, 7) is 0. The molecule has 1 aromatic heterocycles. The Hall–Kier alpha value is -0.970. The summed E-state index contributed by atoms with van der Waals surface area (Å²) in [4.78, 5) is 4.91. The Morgan fingerprint density at radius 3 is 2.94 bits per heavy atom. The van der Waals surface area contributed by atoms with E-state index in [4.69, 9.17) is 11.6 Å². The summed E-state index contributed by atoms with van der Waals surface area (Å²) in [7, 11) is 0. The van der Waals surface area contributed by atoms with Crippen LogP contribution in [-0.4, -0.2) is 16.2 Å². The lowest BCUT2D eigenvalue weighted by molar-refractivity contribution is 0.175. The van der Waals surface area contributed by atoms with Gasteiger partial charge in [-0.3, -0.25) is 4.98 Å². The van der Waals surface area contributed by atoms with Crippen LogP contribution >= 0.6 is 22.9 Å².